The maximum absolute atomic E-state index is 12.5. The number of carbonyl (C=O) groups excluding carboxylic acids is 1. The molecule has 0 saturated heterocycles. The molecule has 0 atom stereocenters. The molecule has 1 aromatic carbocycles. The zero-order valence-electron chi connectivity index (χ0n) is 15.3. The lowest BCUT2D eigenvalue weighted by atomic mass is 9.89. The van der Waals surface area contributed by atoms with E-state index < -0.39 is 0 Å². The molecule has 5 nitrogen and oxygen atoms in total. The Balaban J connectivity index is 1.36. The van der Waals surface area contributed by atoms with Gasteiger partial charge in [-0.15, -0.1) is 0 Å². The Hall–Kier alpha value is -2.95. The average Bonchev–Trinajstić information content (AvgIpc) is 2.73. The largest absolute Gasteiger partial charge is 0.370 e. The SMILES string of the molecule is O=C(Nc1cnc2ccccc2c1)c1ccc(NCC2CCCCC2)nc1. The van der Waals surface area contributed by atoms with Crippen LogP contribution in [-0.4, -0.2) is 22.4 Å². The van der Waals surface area contributed by atoms with Gasteiger partial charge in [0.1, 0.15) is 5.82 Å². The summed E-state index contributed by atoms with van der Waals surface area (Å²) in [6, 6.07) is 13.4. The predicted octanol–water partition coefficient (Wildman–Crippen LogP) is 4.87. The first-order valence-corrected chi connectivity index (χ1v) is 9.64. The molecular weight excluding hydrogens is 336 g/mol. The van der Waals surface area contributed by atoms with Gasteiger partial charge in [-0.2, -0.15) is 0 Å². The third-order valence-electron chi connectivity index (χ3n) is 5.17. The van der Waals surface area contributed by atoms with Crippen LogP contribution in [0.2, 0.25) is 0 Å². The van der Waals surface area contributed by atoms with Crippen molar-refractivity contribution in [1.82, 2.24) is 9.97 Å². The van der Waals surface area contributed by atoms with Gasteiger partial charge in [0.15, 0.2) is 0 Å². The van der Waals surface area contributed by atoms with E-state index in [9.17, 15) is 4.79 Å². The monoisotopic (exact) mass is 360 g/mol. The number of fused-ring (bicyclic) bond motifs is 1. The molecule has 2 aromatic heterocycles. The molecule has 1 aliphatic rings. The highest BCUT2D eigenvalue weighted by Crippen LogP contribution is 2.23. The highest BCUT2D eigenvalue weighted by Gasteiger charge is 2.13. The van der Waals surface area contributed by atoms with Crippen molar-refractivity contribution >= 4 is 28.3 Å². The molecule has 0 aliphatic heterocycles. The van der Waals surface area contributed by atoms with E-state index in [1.165, 1.54) is 32.1 Å². The Bertz CT molecular complexity index is 917. The Kier molecular flexibility index (Phi) is 5.28. The van der Waals surface area contributed by atoms with E-state index in [1.54, 1.807) is 18.5 Å². The fourth-order valence-electron chi connectivity index (χ4n) is 3.62. The third-order valence-corrected chi connectivity index (χ3v) is 5.17. The van der Waals surface area contributed by atoms with Crippen LogP contribution in [0, 0.1) is 5.92 Å². The van der Waals surface area contributed by atoms with Gasteiger partial charge in [-0.05, 0) is 43.0 Å². The van der Waals surface area contributed by atoms with Crippen LogP contribution >= 0.6 is 0 Å². The number of nitrogens with one attached hydrogen (secondary N) is 2. The second kappa shape index (κ2) is 8.16. The second-order valence-corrected chi connectivity index (χ2v) is 7.19. The lowest BCUT2D eigenvalue weighted by Crippen LogP contribution is -2.18. The highest BCUT2D eigenvalue weighted by atomic mass is 16.1. The normalized spacial score (nSPS) is 14.8. The molecule has 27 heavy (non-hydrogen) atoms. The Morgan fingerprint density at radius 2 is 1.85 bits per heavy atom. The van der Waals surface area contributed by atoms with Crippen molar-refractivity contribution in [3.63, 3.8) is 0 Å². The van der Waals surface area contributed by atoms with Gasteiger partial charge < -0.3 is 10.6 Å². The zero-order chi connectivity index (χ0) is 18.5. The first-order chi connectivity index (χ1) is 13.3. The number of amides is 1. The molecule has 0 unspecified atom stereocenters. The van der Waals surface area contributed by atoms with Crippen molar-refractivity contribution in [2.75, 3.05) is 17.2 Å². The average molecular weight is 360 g/mol. The van der Waals surface area contributed by atoms with Crippen LogP contribution in [-0.2, 0) is 0 Å². The van der Waals surface area contributed by atoms with Crippen molar-refractivity contribution < 1.29 is 4.79 Å². The van der Waals surface area contributed by atoms with Crippen molar-refractivity contribution in [3.8, 4) is 0 Å². The van der Waals surface area contributed by atoms with Crippen LogP contribution in [0.25, 0.3) is 10.9 Å². The second-order valence-electron chi connectivity index (χ2n) is 7.19. The lowest BCUT2D eigenvalue weighted by Gasteiger charge is -2.21. The summed E-state index contributed by atoms with van der Waals surface area (Å²) in [7, 11) is 0. The molecule has 1 saturated carbocycles. The minimum atomic E-state index is -0.182. The van der Waals surface area contributed by atoms with Crippen molar-refractivity contribution in [2.45, 2.75) is 32.1 Å². The third kappa shape index (κ3) is 4.42. The maximum atomic E-state index is 12.5. The van der Waals surface area contributed by atoms with Gasteiger partial charge in [0.05, 0.1) is 23.0 Å². The maximum Gasteiger partial charge on any atom is 0.257 e. The molecular formula is C22H24N4O. The van der Waals surface area contributed by atoms with Crippen LogP contribution in [0.15, 0.2) is 54.9 Å². The van der Waals surface area contributed by atoms with E-state index in [4.69, 9.17) is 0 Å². The summed E-state index contributed by atoms with van der Waals surface area (Å²) < 4.78 is 0. The minimum absolute atomic E-state index is 0.182. The van der Waals surface area contributed by atoms with E-state index in [0.717, 1.165) is 29.2 Å². The number of hydrogen-bond acceptors (Lipinski definition) is 4. The first-order valence-electron chi connectivity index (χ1n) is 9.64. The van der Waals surface area contributed by atoms with E-state index in [2.05, 4.69) is 20.6 Å². The van der Waals surface area contributed by atoms with Gasteiger partial charge in [0.2, 0.25) is 0 Å². The highest BCUT2D eigenvalue weighted by molar-refractivity contribution is 6.04. The summed E-state index contributed by atoms with van der Waals surface area (Å²) in [6.07, 6.45) is 9.93. The molecule has 2 heterocycles. The zero-order valence-corrected chi connectivity index (χ0v) is 15.3. The number of hydrogen-bond donors (Lipinski definition) is 2. The standard InChI is InChI=1S/C22H24N4O/c27-22(26-19-12-17-8-4-5-9-20(17)23-15-19)18-10-11-21(25-14-18)24-13-16-6-2-1-3-7-16/h4-5,8-12,14-16H,1-3,6-7,13H2,(H,24,25)(H,26,27). The molecule has 0 radical (unpaired) electrons. The number of nitrogens with zero attached hydrogens (tertiary/aromatic N) is 2. The Labute approximate surface area is 159 Å². The topological polar surface area (TPSA) is 66.9 Å². The molecule has 138 valence electrons. The van der Waals surface area contributed by atoms with Gasteiger partial charge in [-0.25, -0.2) is 4.98 Å². The lowest BCUT2D eigenvalue weighted by molar-refractivity contribution is 0.102. The molecule has 3 aromatic rings. The summed E-state index contributed by atoms with van der Waals surface area (Å²) in [5.41, 5.74) is 2.12. The number of carbonyl (C=O) groups is 1. The van der Waals surface area contributed by atoms with Crippen LogP contribution < -0.4 is 10.6 Å². The van der Waals surface area contributed by atoms with Gasteiger partial charge in [0.25, 0.3) is 5.91 Å². The molecule has 2 N–H and O–H groups in total. The Morgan fingerprint density at radius 1 is 1.00 bits per heavy atom. The van der Waals surface area contributed by atoms with Crippen molar-refractivity contribution in [1.29, 1.82) is 0 Å². The van der Waals surface area contributed by atoms with Crippen LogP contribution in [0.1, 0.15) is 42.5 Å². The predicted molar refractivity (Wildman–Crippen MR) is 109 cm³/mol. The van der Waals surface area contributed by atoms with Gasteiger partial charge in [-0.1, -0.05) is 37.5 Å². The Morgan fingerprint density at radius 3 is 2.67 bits per heavy atom. The van der Waals surface area contributed by atoms with Crippen molar-refractivity contribution in [3.05, 3.63) is 60.4 Å². The fraction of sp³-hybridized carbons (Fsp3) is 0.318. The van der Waals surface area contributed by atoms with Crippen molar-refractivity contribution in [2.24, 2.45) is 5.92 Å². The molecule has 1 aliphatic carbocycles. The number of pyridine rings is 2. The van der Waals surface area contributed by atoms with Gasteiger partial charge >= 0.3 is 0 Å². The number of para-hydroxylation sites is 1. The summed E-state index contributed by atoms with van der Waals surface area (Å²) in [5.74, 6) is 1.38. The first kappa shape index (κ1) is 17.5. The number of anilines is 2. The number of aromatic nitrogens is 2. The van der Waals surface area contributed by atoms with E-state index in [1.807, 2.05) is 36.4 Å². The summed E-state index contributed by atoms with van der Waals surface area (Å²) in [6.45, 7) is 0.960. The van der Waals surface area contributed by atoms with Crippen LogP contribution in [0.5, 0.6) is 0 Å². The number of rotatable bonds is 5. The van der Waals surface area contributed by atoms with E-state index in [-0.39, 0.29) is 5.91 Å². The summed E-state index contributed by atoms with van der Waals surface area (Å²) in [5, 5.41) is 7.29. The van der Waals surface area contributed by atoms with Gasteiger partial charge in [-0.3, -0.25) is 9.78 Å². The molecule has 4 rings (SSSR count). The molecule has 0 spiro atoms. The quantitative estimate of drug-likeness (QED) is 0.681. The van der Waals surface area contributed by atoms with E-state index >= 15 is 0 Å². The van der Waals surface area contributed by atoms with Gasteiger partial charge in [0, 0.05) is 18.1 Å². The molecule has 5 heteroatoms. The smallest absolute Gasteiger partial charge is 0.257 e. The number of benzene rings is 1. The van der Waals surface area contributed by atoms with E-state index in [0.29, 0.717) is 11.3 Å². The molecule has 0 bridgehead atoms. The van der Waals surface area contributed by atoms with Crippen LogP contribution in [0.4, 0.5) is 11.5 Å². The fourth-order valence-corrected chi connectivity index (χ4v) is 3.62. The summed E-state index contributed by atoms with van der Waals surface area (Å²) >= 11 is 0. The molecule has 1 fully saturated rings. The minimum Gasteiger partial charge on any atom is -0.370 e. The van der Waals surface area contributed by atoms with Crippen LogP contribution in [0.3, 0.4) is 0 Å². The summed E-state index contributed by atoms with van der Waals surface area (Å²) in [4.78, 5) is 21.2. The molecule has 1 amide bonds.